The lowest BCUT2D eigenvalue weighted by Crippen LogP contribution is -2.02. The first-order valence-corrected chi connectivity index (χ1v) is 6.82. The van der Waals surface area contributed by atoms with Crippen LogP contribution in [0.3, 0.4) is 0 Å². The molecule has 0 aliphatic heterocycles. The van der Waals surface area contributed by atoms with Gasteiger partial charge in [0.2, 0.25) is 5.76 Å². The largest absolute Gasteiger partial charge is 0.475 e. The second-order valence-electron chi connectivity index (χ2n) is 3.72. The molecule has 1 N–H and O–H groups in total. The van der Waals surface area contributed by atoms with Crippen molar-refractivity contribution in [2.45, 2.75) is 11.7 Å². The number of aromatic carboxylic acids is 1. The van der Waals surface area contributed by atoms with E-state index in [1.54, 1.807) is 0 Å². The second-order valence-corrected chi connectivity index (χ2v) is 5.05. The molecule has 0 bridgehead atoms. The summed E-state index contributed by atoms with van der Waals surface area (Å²) in [5.74, 6) is -1.46. The van der Waals surface area contributed by atoms with Crippen LogP contribution in [0.4, 0.5) is 0 Å². The molecule has 1 unspecified atom stereocenters. The molecule has 1 aromatic carbocycles. The minimum absolute atomic E-state index is 0.0402. The Kier molecular flexibility index (Phi) is 4.48. The van der Waals surface area contributed by atoms with Crippen molar-refractivity contribution in [1.29, 1.82) is 0 Å². The van der Waals surface area contributed by atoms with Crippen molar-refractivity contribution < 1.29 is 23.3 Å². The number of furan rings is 1. The van der Waals surface area contributed by atoms with Crippen LogP contribution in [-0.2, 0) is 22.1 Å². The van der Waals surface area contributed by atoms with Gasteiger partial charge < -0.3 is 14.3 Å². The van der Waals surface area contributed by atoms with E-state index in [1.807, 2.05) is 30.3 Å². The van der Waals surface area contributed by atoms with E-state index in [1.165, 1.54) is 12.1 Å². The summed E-state index contributed by atoms with van der Waals surface area (Å²) in [6.07, 6.45) is 0. The molecule has 1 atom stereocenters. The summed E-state index contributed by atoms with van der Waals surface area (Å²) < 4.78 is 22.0. The number of hydrogen-bond acceptors (Lipinski definition) is 4. The first-order chi connectivity index (χ1) is 9.16. The molecule has 0 radical (unpaired) electrons. The van der Waals surface area contributed by atoms with Crippen molar-refractivity contribution in [3.05, 3.63) is 53.8 Å². The van der Waals surface area contributed by atoms with Gasteiger partial charge in [-0.3, -0.25) is 0 Å². The van der Waals surface area contributed by atoms with Crippen LogP contribution in [0.1, 0.15) is 16.1 Å². The third-order valence-electron chi connectivity index (χ3n) is 2.32. The zero-order chi connectivity index (χ0) is 13.7. The van der Waals surface area contributed by atoms with Crippen LogP contribution in [0.15, 0.2) is 52.0 Å². The third-order valence-corrected chi connectivity index (χ3v) is 3.37. The maximum Gasteiger partial charge on any atom is 0.371 e. The fourth-order valence-corrected chi connectivity index (χ4v) is 2.18. The van der Waals surface area contributed by atoms with Gasteiger partial charge in [0.25, 0.3) is 0 Å². The lowest BCUT2D eigenvalue weighted by Gasteiger charge is -2.02. The van der Waals surface area contributed by atoms with Crippen molar-refractivity contribution in [2.75, 3.05) is 5.94 Å². The van der Waals surface area contributed by atoms with Crippen molar-refractivity contribution >= 4 is 16.8 Å². The molecular formula is C13H12O5S. The van der Waals surface area contributed by atoms with Crippen LogP contribution in [-0.4, -0.2) is 21.2 Å². The van der Waals surface area contributed by atoms with Gasteiger partial charge in [0.05, 0.1) is 6.61 Å². The standard InChI is InChI=1S/C13H12O5S/c14-13(15)11-6-7-12(18-11)19(16)9-17-8-10-4-2-1-3-5-10/h1-7H,8-9H2,(H,14,15). The topological polar surface area (TPSA) is 76.7 Å². The molecule has 1 heterocycles. The molecule has 100 valence electrons. The summed E-state index contributed by atoms with van der Waals surface area (Å²) in [7, 11) is -1.50. The molecule has 5 nitrogen and oxygen atoms in total. The Hall–Kier alpha value is -1.92. The van der Waals surface area contributed by atoms with Crippen molar-refractivity contribution in [2.24, 2.45) is 0 Å². The monoisotopic (exact) mass is 280 g/mol. The van der Waals surface area contributed by atoms with Gasteiger partial charge in [0, 0.05) is 0 Å². The lowest BCUT2D eigenvalue weighted by atomic mass is 10.2. The summed E-state index contributed by atoms with van der Waals surface area (Å²) in [6, 6.07) is 12.1. The highest BCUT2D eigenvalue weighted by atomic mass is 32.2. The minimum Gasteiger partial charge on any atom is -0.475 e. The Morgan fingerprint density at radius 3 is 2.58 bits per heavy atom. The van der Waals surface area contributed by atoms with Gasteiger partial charge in [0.15, 0.2) is 5.09 Å². The average molecular weight is 280 g/mol. The van der Waals surface area contributed by atoms with E-state index in [-0.39, 0.29) is 16.8 Å². The van der Waals surface area contributed by atoms with Crippen molar-refractivity contribution in [1.82, 2.24) is 0 Å². The fraction of sp³-hybridized carbons (Fsp3) is 0.154. The second kappa shape index (κ2) is 6.31. The maximum absolute atomic E-state index is 11.8. The summed E-state index contributed by atoms with van der Waals surface area (Å²) >= 11 is 0. The molecule has 19 heavy (non-hydrogen) atoms. The highest BCUT2D eigenvalue weighted by Crippen LogP contribution is 2.13. The molecule has 2 aromatic rings. The predicted molar refractivity (Wildman–Crippen MR) is 68.2 cm³/mol. The van der Waals surface area contributed by atoms with E-state index < -0.39 is 16.8 Å². The Morgan fingerprint density at radius 2 is 1.95 bits per heavy atom. The van der Waals surface area contributed by atoms with E-state index in [9.17, 15) is 9.00 Å². The predicted octanol–water partition coefficient (Wildman–Crippen LogP) is 2.26. The summed E-state index contributed by atoms with van der Waals surface area (Å²) in [4.78, 5) is 10.6. The van der Waals surface area contributed by atoms with Crippen LogP contribution in [0.5, 0.6) is 0 Å². The average Bonchev–Trinajstić information content (AvgIpc) is 2.89. The van der Waals surface area contributed by atoms with Crippen molar-refractivity contribution in [3.8, 4) is 0 Å². The first kappa shape index (κ1) is 13.5. The molecule has 0 spiro atoms. The quantitative estimate of drug-likeness (QED) is 0.878. The van der Waals surface area contributed by atoms with Gasteiger partial charge in [-0.25, -0.2) is 9.00 Å². The Labute approximate surface area is 112 Å². The zero-order valence-electron chi connectivity index (χ0n) is 9.94. The minimum atomic E-state index is -1.50. The van der Waals surface area contributed by atoms with Gasteiger partial charge in [-0.2, -0.15) is 0 Å². The van der Waals surface area contributed by atoms with Gasteiger partial charge >= 0.3 is 5.97 Å². The smallest absolute Gasteiger partial charge is 0.371 e. The molecule has 0 saturated carbocycles. The van der Waals surface area contributed by atoms with Gasteiger partial charge in [-0.15, -0.1) is 0 Å². The van der Waals surface area contributed by atoms with Crippen LogP contribution in [0, 0.1) is 0 Å². The van der Waals surface area contributed by atoms with Gasteiger partial charge in [0.1, 0.15) is 16.7 Å². The number of hydrogen-bond donors (Lipinski definition) is 1. The summed E-state index contributed by atoms with van der Waals surface area (Å²) in [5, 5.41) is 8.78. The zero-order valence-corrected chi connectivity index (χ0v) is 10.8. The highest BCUT2D eigenvalue weighted by Gasteiger charge is 2.13. The number of ether oxygens (including phenoxy) is 1. The molecule has 1 aromatic heterocycles. The molecular weight excluding hydrogens is 268 g/mol. The number of benzene rings is 1. The maximum atomic E-state index is 11.8. The Balaban J connectivity index is 1.85. The van der Waals surface area contributed by atoms with E-state index in [0.717, 1.165) is 5.56 Å². The molecule has 0 aliphatic carbocycles. The van der Waals surface area contributed by atoms with Gasteiger partial charge in [-0.1, -0.05) is 30.3 Å². The summed E-state index contributed by atoms with van der Waals surface area (Å²) in [6.45, 7) is 0.346. The molecule has 0 saturated heterocycles. The van der Waals surface area contributed by atoms with Gasteiger partial charge in [-0.05, 0) is 17.7 Å². The Bertz CT molecular complexity index is 576. The van der Waals surface area contributed by atoms with Crippen LogP contribution >= 0.6 is 0 Å². The lowest BCUT2D eigenvalue weighted by molar-refractivity contribution is 0.0656. The normalized spacial score (nSPS) is 12.2. The molecule has 0 aliphatic rings. The number of carboxylic acids is 1. The van der Waals surface area contributed by atoms with E-state index >= 15 is 0 Å². The van der Waals surface area contributed by atoms with E-state index in [2.05, 4.69) is 0 Å². The number of carbonyl (C=O) groups is 1. The number of rotatable bonds is 6. The van der Waals surface area contributed by atoms with Crippen LogP contribution in [0.2, 0.25) is 0 Å². The molecule has 2 rings (SSSR count). The SMILES string of the molecule is O=C(O)c1ccc(S(=O)COCc2ccccc2)o1. The van der Waals surface area contributed by atoms with Crippen LogP contribution in [0.25, 0.3) is 0 Å². The van der Waals surface area contributed by atoms with Crippen molar-refractivity contribution in [3.63, 3.8) is 0 Å². The van der Waals surface area contributed by atoms with E-state index in [4.69, 9.17) is 14.3 Å². The van der Waals surface area contributed by atoms with E-state index in [0.29, 0.717) is 6.61 Å². The number of carboxylic acid groups (broad SMARTS) is 1. The molecule has 6 heteroatoms. The summed E-state index contributed by atoms with van der Waals surface area (Å²) in [5.41, 5.74) is 0.977. The highest BCUT2D eigenvalue weighted by molar-refractivity contribution is 7.84. The molecule has 0 amide bonds. The molecule has 0 fully saturated rings. The fourth-order valence-electron chi connectivity index (χ4n) is 1.42. The van der Waals surface area contributed by atoms with Crippen LogP contribution < -0.4 is 0 Å². The Morgan fingerprint density at radius 1 is 1.21 bits per heavy atom. The third kappa shape index (κ3) is 3.77. The first-order valence-electron chi connectivity index (χ1n) is 5.50.